The number of phenolic OH excluding ortho intramolecular Hbond substituents is 1. The minimum absolute atomic E-state index is 0.134. The Balaban J connectivity index is 2.21. The first-order chi connectivity index (χ1) is 10.5. The van der Waals surface area contributed by atoms with Crippen LogP contribution in [0, 0.1) is 0 Å². The van der Waals surface area contributed by atoms with Gasteiger partial charge in [-0.1, -0.05) is 12.1 Å². The highest BCUT2D eigenvalue weighted by Gasteiger charge is 2.11. The summed E-state index contributed by atoms with van der Waals surface area (Å²) < 4.78 is 5.05. The van der Waals surface area contributed by atoms with Gasteiger partial charge in [0, 0.05) is 5.56 Å². The van der Waals surface area contributed by atoms with E-state index in [1.165, 1.54) is 25.3 Å². The van der Waals surface area contributed by atoms with E-state index in [1.54, 1.807) is 24.3 Å². The molecule has 0 saturated heterocycles. The average molecular weight is 301 g/mol. The number of methoxy groups -OCH3 is 1. The fourth-order valence-corrected chi connectivity index (χ4v) is 1.93. The molecule has 0 aromatic heterocycles. The third-order valence-corrected chi connectivity index (χ3v) is 3.00. The number of phenols is 1. The summed E-state index contributed by atoms with van der Waals surface area (Å²) in [4.78, 5) is 22.9. The lowest BCUT2D eigenvalue weighted by Gasteiger charge is -2.09. The van der Waals surface area contributed by atoms with Crippen molar-refractivity contribution in [1.29, 1.82) is 0 Å². The van der Waals surface area contributed by atoms with E-state index in [9.17, 15) is 14.7 Å². The molecule has 0 aliphatic heterocycles. The van der Waals surface area contributed by atoms with Crippen LogP contribution in [0.4, 0.5) is 5.69 Å². The largest absolute Gasteiger partial charge is 0.506 e. The van der Waals surface area contributed by atoms with Crippen LogP contribution < -0.4 is 10.1 Å². The molecule has 2 aromatic rings. The number of benzene rings is 2. The van der Waals surface area contributed by atoms with E-state index in [0.29, 0.717) is 16.9 Å². The third kappa shape index (κ3) is 3.76. The number of ether oxygens (including phenoxy) is 1. The molecule has 0 aliphatic rings. The molecule has 0 aliphatic carbocycles. The number of carbonyl (C=O) groups excluding carboxylic acids is 1. The van der Waals surface area contributed by atoms with Crippen LogP contribution in [0.25, 0.3) is 0 Å². The van der Waals surface area contributed by atoms with Crippen molar-refractivity contribution in [2.45, 2.75) is 6.42 Å². The van der Waals surface area contributed by atoms with Crippen LogP contribution in [0.2, 0.25) is 0 Å². The Hall–Kier alpha value is -3.02. The molecule has 0 radical (unpaired) electrons. The zero-order valence-electron chi connectivity index (χ0n) is 11.9. The summed E-state index contributed by atoms with van der Waals surface area (Å²) in [6.07, 6.45) is -0.192. The number of hydrogen-bond acceptors (Lipinski definition) is 4. The van der Waals surface area contributed by atoms with Gasteiger partial charge in [-0.05, 0) is 35.9 Å². The number of aromatic hydroxyl groups is 1. The Morgan fingerprint density at radius 1 is 1.18 bits per heavy atom. The zero-order chi connectivity index (χ0) is 16.1. The summed E-state index contributed by atoms with van der Waals surface area (Å²) in [5, 5.41) is 21.1. The first-order valence-corrected chi connectivity index (χ1v) is 6.48. The molecule has 0 saturated carbocycles. The molecule has 0 spiro atoms. The number of carbonyl (C=O) groups is 2. The van der Waals surface area contributed by atoms with Gasteiger partial charge in [0.1, 0.15) is 11.5 Å². The van der Waals surface area contributed by atoms with Crippen LogP contribution in [0.3, 0.4) is 0 Å². The fraction of sp³-hybridized carbons (Fsp3) is 0.125. The molecule has 6 nitrogen and oxygen atoms in total. The molecule has 0 heterocycles. The van der Waals surface area contributed by atoms with Crippen molar-refractivity contribution < 1.29 is 24.5 Å². The highest BCUT2D eigenvalue weighted by Crippen LogP contribution is 2.25. The van der Waals surface area contributed by atoms with Crippen molar-refractivity contribution in [2.75, 3.05) is 12.4 Å². The standard InChI is InChI=1S/C16H15NO5/c1-22-12-4-2-3-11(9-12)16(21)17-13-7-10(8-15(19)20)5-6-14(13)18/h2-7,9,18H,8H2,1H3,(H,17,21)(H,19,20). The Morgan fingerprint density at radius 2 is 1.95 bits per heavy atom. The maximum absolute atomic E-state index is 12.2. The van der Waals surface area contributed by atoms with E-state index in [2.05, 4.69) is 5.32 Å². The zero-order valence-corrected chi connectivity index (χ0v) is 11.9. The lowest BCUT2D eigenvalue weighted by molar-refractivity contribution is -0.136. The molecule has 0 bridgehead atoms. The van der Waals surface area contributed by atoms with Crippen LogP contribution in [-0.2, 0) is 11.2 Å². The Bertz CT molecular complexity index is 711. The van der Waals surface area contributed by atoms with E-state index in [-0.39, 0.29) is 17.9 Å². The highest BCUT2D eigenvalue weighted by atomic mass is 16.5. The maximum atomic E-state index is 12.2. The quantitative estimate of drug-likeness (QED) is 0.736. The number of hydrogen-bond donors (Lipinski definition) is 3. The van der Waals surface area contributed by atoms with Gasteiger partial charge in [0.25, 0.3) is 5.91 Å². The minimum Gasteiger partial charge on any atom is -0.506 e. The van der Waals surface area contributed by atoms with E-state index in [4.69, 9.17) is 9.84 Å². The number of nitrogens with one attached hydrogen (secondary N) is 1. The van der Waals surface area contributed by atoms with Crippen LogP contribution in [0.5, 0.6) is 11.5 Å². The molecule has 6 heteroatoms. The first-order valence-electron chi connectivity index (χ1n) is 6.48. The number of carboxylic acid groups (broad SMARTS) is 1. The topological polar surface area (TPSA) is 95.9 Å². The normalized spacial score (nSPS) is 10.0. The van der Waals surface area contributed by atoms with Gasteiger partial charge in [-0.15, -0.1) is 0 Å². The summed E-state index contributed by atoms with van der Waals surface area (Å²) >= 11 is 0. The Kier molecular flexibility index (Phi) is 4.63. The first kappa shape index (κ1) is 15.4. The number of amides is 1. The summed E-state index contributed by atoms with van der Waals surface area (Å²) in [7, 11) is 1.50. The van der Waals surface area contributed by atoms with Crippen LogP contribution in [0.1, 0.15) is 15.9 Å². The van der Waals surface area contributed by atoms with Gasteiger partial charge >= 0.3 is 5.97 Å². The van der Waals surface area contributed by atoms with Gasteiger partial charge in [0.05, 0.1) is 19.2 Å². The molecule has 2 aromatic carbocycles. The van der Waals surface area contributed by atoms with Gasteiger partial charge in [0.2, 0.25) is 0 Å². The van der Waals surface area contributed by atoms with E-state index in [0.717, 1.165) is 0 Å². The Labute approximate surface area is 127 Å². The summed E-state index contributed by atoms with van der Waals surface area (Å²) in [6.45, 7) is 0. The van der Waals surface area contributed by atoms with Crippen molar-refractivity contribution in [3.05, 3.63) is 53.6 Å². The molecule has 3 N–H and O–H groups in total. The Morgan fingerprint density at radius 3 is 2.64 bits per heavy atom. The van der Waals surface area contributed by atoms with Crippen molar-refractivity contribution in [3.63, 3.8) is 0 Å². The molecule has 2 rings (SSSR count). The van der Waals surface area contributed by atoms with Gasteiger partial charge < -0.3 is 20.3 Å². The van der Waals surface area contributed by atoms with E-state index < -0.39 is 11.9 Å². The molecular formula is C16H15NO5. The smallest absolute Gasteiger partial charge is 0.307 e. The number of aliphatic carboxylic acids is 1. The lowest BCUT2D eigenvalue weighted by atomic mass is 10.1. The van der Waals surface area contributed by atoms with Crippen LogP contribution in [-0.4, -0.2) is 29.2 Å². The van der Waals surface area contributed by atoms with Gasteiger partial charge in [0.15, 0.2) is 0 Å². The van der Waals surface area contributed by atoms with Gasteiger partial charge in [-0.3, -0.25) is 9.59 Å². The van der Waals surface area contributed by atoms with Crippen molar-refractivity contribution >= 4 is 17.6 Å². The molecule has 1 amide bonds. The molecule has 0 unspecified atom stereocenters. The number of rotatable bonds is 5. The molecule has 22 heavy (non-hydrogen) atoms. The van der Waals surface area contributed by atoms with Gasteiger partial charge in [-0.25, -0.2) is 0 Å². The van der Waals surface area contributed by atoms with Crippen LogP contribution in [0.15, 0.2) is 42.5 Å². The van der Waals surface area contributed by atoms with E-state index >= 15 is 0 Å². The fourth-order valence-electron chi connectivity index (χ4n) is 1.93. The third-order valence-electron chi connectivity index (χ3n) is 3.00. The maximum Gasteiger partial charge on any atom is 0.307 e. The van der Waals surface area contributed by atoms with Crippen molar-refractivity contribution in [2.24, 2.45) is 0 Å². The summed E-state index contributed by atoms with van der Waals surface area (Å²) in [5.74, 6) is -1.01. The SMILES string of the molecule is COc1cccc(C(=O)Nc2cc(CC(=O)O)ccc2O)c1. The van der Waals surface area contributed by atoms with E-state index in [1.807, 2.05) is 0 Å². The monoisotopic (exact) mass is 301 g/mol. The lowest BCUT2D eigenvalue weighted by Crippen LogP contribution is -2.12. The second-order valence-electron chi connectivity index (χ2n) is 4.61. The molecule has 114 valence electrons. The second kappa shape index (κ2) is 6.62. The minimum atomic E-state index is -0.990. The van der Waals surface area contributed by atoms with Crippen molar-refractivity contribution in [1.82, 2.24) is 0 Å². The molecule has 0 atom stereocenters. The van der Waals surface area contributed by atoms with Crippen LogP contribution >= 0.6 is 0 Å². The average Bonchev–Trinajstić information content (AvgIpc) is 2.50. The predicted molar refractivity (Wildman–Crippen MR) is 80.4 cm³/mol. The van der Waals surface area contributed by atoms with Crippen molar-refractivity contribution in [3.8, 4) is 11.5 Å². The summed E-state index contributed by atoms with van der Waals surface area (Å²) in [5.41, 5.74) is 1.00. The number of carboxylic acids is 1. The molecule has 0 fully saturated rings. The summed E-state index contributed by atoms with van der Waals surface area (Å²) in [6, 6.07) is 10.8. The second-order valence-corrected chi connectivity index (χ2v) is 4.61. The van der Waals surface area contributed by atoms with Gasteiger partial charge in [-0.2, -0.15) is 0 Å². The predicted octanol–water partition coefficient (Wildman–Crippen LogP) is 2.28. The highest BCUT2D eigenvalue weighted by molar-refractivity contribution is 6.05. The number of anilines is 1. The molecular weight excluding hydrogens is 286 g/mol.